The van der Waals surface area contributed by atoms with E-state index in [1.54, 1.807) is 11.4 Å². The van der Waals surface area contributed by atoms with Crippen LogP contribution in [0.1, 0.15) is 24.8 Å². The lowest BCUT2D eigenvalue weighted by atomic mass is 10.1. The molecule has 0 aliphatic carbocycles. The fourth-order valence-electron chi connectivity index (χ4n) is 2.82. The quantitative estimate of drug-likeness (QED) is 0.728. The molecule has 0 bridgehead atoms. The van der Waals surface area contributed by atoms with Gasteiger partial charge in [-0.15, -0.1) is 0 Å². The first-order chi connectivity index (χ1) is 9.65. The van der Waals surface area contributed by atoms with Crippen LogP contribution in [0.15, 0.2) is 29.0 Å². The van der Waals surface area contributed by atoms with Crippen molar-refractivity contribution in [3.63, 3.8) is 0 Å². The minimum atomic E-state index is -1.91. The van der Waals surface area contributed by atoms with Crippen molar-refractivity contribution in [1.29, 1.82) is 0 Å². The Balaban J connectivity index is 2.10. The Morgan fingerprint density at radius 3 is 2.60 bits per heavy atom. The van der Waals surface area contributed by atoms with E-state index in [1.807, 2.05) is 0 Å². The molecule has 3 rings (SSSR count). The number of hydrogen-bond acceptors (Lipinski definition) is 3. The minimum Gasteiger partial charge on any atom is -0.356 e. The van der Waals surface area contributed by atoms with Gasteiger partial charge in [-0.05, 0) is 49.5 Å². The van der Waals surface area contributed by atoms with Gasteiger partial charge in [0.1, 0.15) is 5.84 Å². The van der Waals surface area contributed by atoms with Crippen molar-refractivity contribution in [3.8, 4) is 0 Å². The van der Waals surface area contributed by atoms with E-state index < -0.39 is 5.54 Å². The number of benzene rings is 1. The Hall–Kier alpha value is -0.510. The summed E-state index contributed by atoms with van der Waals surface area (Å²) in [4.78, 5) is 2.44. The summed E-state index contributed by atoms with van der Waals surface area (Å²) in [5.74, 6) is 1.14. The molecular weight excluding hydrogens is 305 g/mol. The Morgan fingerprint density at radius 1 is 1.20 bits per heavy atom. The summed E-state index contributed by atoms with van der Waals surface area (Å²) in [5, 5.41) is 0. The zero-order valence-corrected chi connectivity index (χ0v) is 14.5. The molecule has 2 aliphatic rings. The molecule has 1 atom stereocenters. The summed E-state index contributed by atoms with van der Waals surface area (Å²) < 4.78 is 7.25. The molecule has 1 saturated heterocycles. The summed E-state index contributed by atoms with van der Waals surface area (Å²) in [6.07, 6.45) is 5.95. The predicted octanol–water partition coefficient (Wildman–Crippen LogP) is 3.96. The van der Waals surface area contributed by atoms with E-state index in [-0.39, 0.29) is 0 Å². The van der Waals surface area contributed by atoms with Crippen LogP contribution in [-0.2, 0) is 11.8 Å². The Kier molecular flexibility index (Phi) is 4.11. The van der Waals surface area contributed by atoms with E-state index in [4.69, 9.17) is 16.6 Å². The highest BCUT2D eigenvalue weighted by atomic mass is 32.9. The summed E-state index contributed by atoms with van der Waals surface area (Å²) in [6.45, 7) is 2.22. The molecule has 108 valence electrons. The molecule has 1 aromatic rings. The highest BCUT2D eigenvalue weighted by Gasteiger charge is 2.32. The van der Waals surface area contributed by atoms with Gasteiger partial charge in [0.15, 0.2) is 5.54 Å². The zero-order chi connectivity index (χ0) is 14.2. The van der Waals surface area contributed by atoms with Gasteiger partial charge in [0.25, 0.3) is 0 Å². The van der Waals surface area contributed by atoms with Crippen LogP contribution in [0.4, 0.5) is 5.69 Å². The third-order valence-electron chi connectivity index (χ3n) is 3.99. The summed E-state index contributed by atoms with van der Waals surface area (Å²) >= 11 is 7.61. The molecule has 0 radical (unpaired) electrons. The summed E-state index contributed by atoms with van der Waals surface area (Å²) in [6, 6.07) is 8.54. The topological polar surface area (TPSA) is 18.8 Å². The van der Waals surface area contributed by atoms with Crippen molar-refractivity contribution in [2.45, 2.75) is 19.3 Å². The molecule has 6 heteroatoms. The standard InChI is InChI=1S/C14H20N3PS2/c1-16-13-9-5-4-8-12(13)14(15-18(16,19)20-2)17-10-6-3-7-11-17/h4-5,8-9H,3,6-7,10-11H2,1-2H3. The SMILES string of the molecule is CSP1(=S)N=C(N2CCCCC2)c2ccccc2N1C. The number of hydrogen-bond donors (Lipinski definition) is 0. The number of rotatable bonds is 1. The van der Waals surface area contributed by atoms with E-state index in [0.717, 1.165) is 18.9 Å². The number of para-hydroxylation sites is 1. The van der Waals surface area contributed by atoms with Gasteiger partial charge in [0.05, 0.1) is 5.69 Å². The highest BCUT2D eigenvalue weighted by Crippen LogP contribution is 2.65. The van der Waals surface area contributed by atoms with E-state index >= 15 is 0 Å². The average molecular weight is 325 g/mol. The lowest BCUT2D eigenvalue weighted by molar-refractivity contribution is 0.343. The van der Waals surface area contributed by atoms with Crippen molar-refractivity contribution in [1.82, 2.24) is 4.90 Å². The largest absolute Gasteiger partial charge is 0.356 e. The van der Waals surface area contributed by atoms with E-state index in [2.05, 4.69) is 47.1 Å². The molecule has 0 spiro atoms. The molecular formula is C14H20N3PS2. The average Bonchev–Trinajstić information content (AvgIpc) is 2.52. The maximum atomic E-state index is 5.89. The first-order valence-electron chi connectivity index (χ1n) is 7.00. The molecule has 1 fully saturated rings. The second-order valence-corrected chi connectivity index (χ2v) is 12.2. The van der Waals surface area contributed by atoms with E-state index in [9.17, 15) is 0 Å². The summed E-state index contributed by atoms with van der Waals surface area (Å²) in [7, 11) is 2.09. The highest BCUT2D eigenvalue weighted by molar-refractivity contribution is 8.70. The first kappa shape index (κ1) is 14.4. The van der Waals surface area contributed by atoms with Gasteiger partial charge in [-0.2, -0.15) is 0 Å². The van der Waals surface area contributed by atoms with Crippen molar-refractivity contribution < 1.29 is 0 Å². The van der Waals surface area contributed by atoms with Crippen molar-refractivity contribution in [2.75, 3.05) is 31.1 Å². The smallest absolute Gasteiger partial charge is 0.199 e. The minimum absolute atomic E-state index is 1.11. The Bertz CT molecular complexity index is 582. The third kappa shape index (κ3) is 2.40. The Labute approximate surface area is 130 Å². The molecule has 1 aromatic carbocycles. The molecule has 20 heavy (non-hydrogen) atoms. The molecule has 2 aliphatic heterocycles. The van der Waals surface area contributed by atoms with Crippen LogP contribution < -0.4 is 4.67 Å². The fourth-order valence-corrected chi connectivity index (χ4v) is 6.18. The molecule has 0 N–H and O–H groups in total. The number of amidine groups is 1. The molecule has 0 amide bonds. The lowest BCUT2D eigenvalue weighted by Gasteiger charge is -2.39. The number of anilines is 1. The van der Waals surface area contributed by atoms with Crippen LogP contribution in [0.25, 0.3) is 0 Å². The molecule has 1 unspecified atom stereocenters. The zero-order valence-electron chi connectivity index (χ0n) is 12.0. The number of fused-ring (bicyclic) bond motifs is 1. The molecule has 0 aromatic heterocycles. The van der Waals surface area contributed by atoms with Crippen molar-refractivity contribution in [2.24, 2.45) is 4.76 Å². The van der Waals surface area contributed by atoms with Crippen LogP contribution >= 0.6 is 16.9 Å². The van der Waals surface area contributed by atoms with Gasteiger partial charge in [0.2, 0.25) is 0 Å². The second-order valence-electron chi connectivity index (χ2n) is 5.19. The monoisotopic (exact) mass is 325 g/mol. The van der Waals surface area contributed by atoms with Crippen LogP contribution in [0.2, 0.25) is 0 Å². The van der Waals surface area contributed by atoms with Crippen LogP contribution in [0.5, 0.6) is 0 Å². The number of piperidine rings is 1. The first-order valence-corrected chi connectivity index (χ1v) is 11.5. The van der Waals surface area contributed by atoms with Crippen LogP contribution in [0, 0.1) is 0 Å². The number of nitrogens with zero attached hydrogens (tertiary/aromatic N) is 3. The van der Waals surface area contributed by atoms with Gasteiger partial charge in [-0.25, -0.2) is 4.76 Å². The number of likely N-dealkylation sites (tertiary alicyclic amines) is 1. The van der Waals surface area contributed by atoms with Gasteiger partial charge in [-0.3, -0.25) is 0 Å². The molecule has 2 heterocycles. The third-order valence-corrected chi connectivity index (χ3v) is 10.6. The maximum Gasteiger partial charge on any atom is 0.199 e. The lowest BCUT2D eigenvalue weighted by Crippen LogP contribution is -2.38. The Morgan fingerprint density at radius 2 is 1.90 bits per heavy atom. The van der Waals surface area contributed by atoms with Gasteiger partial charge >= 0.3 is 0 Å². The second kappa shape index (κ2) is 5.70. The molecule has 3 nitrogen and oxygen atoms in total. The van der Waals surface area contributed by atoms with Gasteiger partial charge in [-0.1, -0.05) is 23.5 Å². The normalized spacial score (nSPS) is 26.2. The predicted molar refractivity (Wildman–Crippen MR) is 94.6 cm³/mol. The van der Waals surface area contributed by atoms with Crippen molar-refractivity contribution in [3.05, 3.63) is 29.8 Å². The van der Waals surface area contributed by atoms with E-state index in [1.165, 1.54) is 30.5 Å². The van der Waals surface area contributed by atoms with Gasteiger partial charge < -0.3 is 9.57 Å². The maximum absolute atomic E-state index is 5.89. The van der Waals surface area contributed by atoms with Crippen LogP contribution in [-0.4, -0.2) is 37.1 Å². The molecule has 0 saturated carbocycles. The van der Waals surface area contributed by atoms with Crippen LogP contribution in [0.3, 0.4) is 0 Å². The van der Waals surface area contributed by atoms with Crippen molar-refractivity contribution >= 4 is 40.3 Å². The van der Waals surface area contributed by atoms with Gasteiger partial charge in [0, 0.05) is 25.7 Å². The summed E-state index contributed by atoms with van der Waals surface area (Å²) in [5.41, 5.74) is 0.568. The van der Waals surface area contributed by atoms with E-state index in [0.29, 0.717) is 0 Å². The fraction of sp³-hybridized carbons (Fsp3) is 0.500.